The third-order valence-corrected chi connectivity index (χ3v) is 5.58. The first kappa shape index (κ1) is 19.4. The van der Waals surface area contributed by atoms with Crippen molar-refractivity contribution in [2.45, 2.75) is 13.1 Å². The molecule has 6 heteroatoms. The van der Waals surface area contributed by atoms with Gasteiger partial charge in [-0.2, -0.15) is 11.8 Å². The van der Waals surface area contributed by atoms with E-state index in [1.807, 2.05) is 30.0 Å². The van der Waals surface area contributed by atoms with Crippen LogP contribution in [0.3, 0.4) is 0 Å². The zero-order valence-electron chi connectivity index (χ0n) is 16.1. The Hall–Kier alpha value is -2.34. The van der Waals surface area contributed by atoms with E-state index in [2.05, 4.69) is 50.9 Å². The van der Waals surface area contributed by atoms with Crippen LogP contribution >= 0.6 is 11.8 Å². The predicted molar refractivity (Wildman–Crippen MR) is 116 cm³/mol. The van der Waals surface area contributed by atoms with Gasteiger partial charge in [0.2, 0.25) is 0 Å². The number of thioether (sulfide) groups is 1. The van der Waals surface area contributed by atoms with E-state index in [0.717, 1.165) is 36.9 Å². The molecular formula is C21H28N4OS. The lowest BCUT2D eigenvalue weighted by Gasteiger charge is -2.28. The highest BCUT2D eigenvalue weighted by molar-refractivity contribution is 7.99. The molecule has 0 aliphatic carbocycles. The molecule has 0 aromatic heterocycles. The number of para-hydroxylation sites is 1. The van der Waals surface area contributed by atoms with Crippen LogP contribution in [0.25, 0.3) is 0 Å². The van der Waals surface area contributed by atoms with Crippen molar-refractivity contribution in [1.29, 1.82) is 0 Å². The van der Waals surface area contributed by atoms with Gasteiger partial charge in [0.1, 0.15) is 5.75 Å². The molecule has 0 radical (unpaired) electrons. The molecule has 144 valence electrons. The van der Waals surface area contributed by atoms with Gasteiger partial charge in [-0.1, -0.05) is 30.3 Å². The summed E-state index contributed by atoms with van der Waals surface area (Å²) in [6.07, 6.45) is 0. The second-order valence-electron chi connectivity index (χ2n) is 6.36. The van der Waals surface area contributed by atoms with E-state index < -0.39 is 0 Å². The van der Waals surface area contributed by atoms with Crippen molar-refractivity contribution < 1.29 is 4.74 Å². The van der Waals surface area contributed by atoms with E-state index in [1.54, 1.807) is 14.2 Å². The summed E-state index contributed by atoms with van der Waals surface area (Å²) in [7, 11) is 3.48. The molecule has 2 aromatic rings. The van der Waals surface area contributed by atoms with Gasteiger partial charge in [-0.15, -0.1) is 0 Å². The molecule has 1 heterocycles. The van der Waals surface area contributed by atoms with Gasteiger partial charge in [-0.25, -0.2) is 0 Å². The lowest BCUT2D eigenvalue weighted by Crippen LogP contribution is -2.36. The summed E-state index contributed by atoms with van der Waals surface area (Å²) in [6.45, 7) is 3.68. The number of nitrogens with one attached hydrogen (secondary N) is 2. The third kappa shape index (κ3) is 5.57. The number of anilines is 1. The Kier molecular flexibility index (Phi) is 7.27. The van der Waals surface area contributed by atoms with Crippen LogP contribution in [-0.2, 0) is 13.1 Å². The van der Waals surface area contributed by atoms with Crippen molar-refractivity contribution >= 4 is 23.4 Å². The molecule has 0 bridgehead atoms. The minimum atomic E-state index is 0.662. The van der Waals surface area contributed by atoms with Gasteiger partial charge in [0.15, 0.2) is 5.96 Å². The highest BCUT2D eigenvalue weighted by Crippen LogP contribution is 2.20. The number of aliphatic imine (C=N–C) groups is 1. The molecule has 0 spiro atoms. The largest absolute Gasteiger partial charge is 0.496 e. The average Bonchev–Trinajstić information content (AvgIpc) is 2.75. The van der Waals surface area contributed by atoms with Crippen molar-refractivity contribution in [2.24, 2.45) is 4.99 Å². The van der Waals surface area contributed by atoms with Crippen LogP contribution in [0.4, 0.5) is 5.69 Å². The number of nitrogens with zero attached hydrogens (tertiary/aromatic N) is 2. The van der Waals surface area contributed by atoms with Crippen molar-refractivity contribution in [3.8, 4) is 5.75 Å². The number of hydrogen-bond donors (Lipinski definition) is 2. The van der Waals surface area contributed by atoms with Crippen LogP contribution in [0.2, 0.25) is 0 Å². The Morgan fingerprint density at radius 2 is 1.74 bits per heavy atom. The van der Waals surface area contributed by atoms with E-state index in [0.29, 0.717) is 6.54 Å². The number of guanidine groups is 1. The first-order chi connectivity index (χ1) is 13.3. The maximum Gasteiger partial charge on any atom is 0.191 e. The molecule has 0 saturated carbocycles. The van der Waals surface area contributed by atoms with E-state index in [9.17, 15) is 0 Å². The van der Waals surface area contributed by atoms with Crippen LogP contribution in [0.1, 0.15) is 11.1 Å². The number of methoxy groups -OCH3 is 1. The maximum atomic E-state index is 5.40. The zero-order chi connectivity index (χ0) is 18.9. The van der Waals surface area contributed by atoms with Gasteiger partial charge in [-0.3, -0.25) is 4.99 Å². The molecule has 1 aliphatic heterocycles. The Morgan fingerprint density at radius 3 is 2.44 bits per heavy atom. The van der Waals surface area contributed by atoms with Crippen LogP contribution in [0.15, 0.2) is 53.5 Å². The van der Waals surface area contributed by atoms with E-state index in [1.165, 1.54) is 22.8 Å². The minimum Gasteiger partial charge on any atom is -0.496 e. The SMILES string of the molecule is CN=C(NCc1ccc(N2CCSCC2)cc1)NCc1ccccc1OC. The summed E-state index contributed by atoms with van der Waals surface area (Å²) >= 11 is 2.04. The van der Waals surface area contributed by atoms with Crippen LogP contribution < -0.4 is 20.3 Å². The molecule has 1 saturated heterocycles. The molecular weight excluding hydrogens is 356 g/mol. The summed E-state index contributed by atoms with van der Waals surface area (Å²) in [5.41, 5.74) is 3.66. The highest BCUT2D eigenvalue weighted by atomic mass is 32.2. The molecule has 0 atom stereocenters. The summed E-state index contributed by atoms with van der Waals surface area (Å²) in [5.74, 6) is 4.10. The summed E-state index contributed by atoms with van der Waals surface area (Å²) in [4.78, 5) is 6.77. The molecule has 27 heavy (non-hydrogen) atoms. The van der Waals surface area contributed by atoms with Gasteiger partial charge >= 0.3 is 0 Å². The fourth-order valence-electron chi connectivity index (χ4n) is 3.08. The molecule has 1 aliphatic rings. The number of hydrogen-bond acceptors (Lipinski definition) is 4. The monoisotopic (exact) mass is 384 g/mol. The first-order valence-electron chi connectivity index (χ1n) is 9.28. The topological polar surface area (TPSA) is 48.9 Å². The average molecular weight is 385 g/mol. The van der Waals surface area contributed by atoms with E-state index in [4.69, 9.17) is 4.74 Å². The van der Waals surface area contributed by atoms with Gasteiger partial charge in [-0.05, 0) is 23.8 Å². The minimum absolute atomic E-state index is 0.662. The molecule has 5 nitrogen and oxygen atoms in total. The fourth-order valence-corrected chi connectivity index (χ4v) is 3.98. The standard InChI is InChI=1S/C21H28N4OS/c1-22-21(24-16-18-5-3-4-6-20(18)26-2)23-15-17-7-9-19(10-8-17)25-11-13-27-14-12-25/h3-10H,11-16H2,1-2H3,(H2,22,23,24). The van der Waals surface area contributed by atoms with Crippen molar-refractivity contribution in [3.05, 3.63) is 59.7 Å². The zero-order valence-corrected chi connectivity index (χ0v) is 16.9. The lowest BCUT2D eigenvalue weighted by molar-refractivity contribution is 0.409. The quantitative estimate of drug-likeness (QED) is 0.592. The van der Waals surface area contributed by atoms with Gasteiger partial charge in [0.05, 0.1) is 7.11 Å². The van der Waals surface area contributed by atoms with Crippen LogP contribution in [-0.4, -0.2) is 44.7 Å². The Morgan fingerprint density at radius 1 is 1.04 bits per heavy atom. The van der Waals surface area contributed by atoms with E-state index >= 15 is 0 Å². The predicted octanol–water partition coefficient (Wildman–Crippen LogP) is 3.11. The summed E-state index contributed by atoms with van der Waals surface area (Å²) in [6, 6.07) is 16.8. The third-order valence-electron chi connectivity index (χ3n) is 4.63. The van der Waals surface area contributed by atoms with Crippen molar-refractivity contribution in [1.82, 2.24) is 10.6 Å². The first-order valence-corrected chi connectivity index (χ1v) is 10.4. The highest BCUT2D eigenvalue weighted by Gasteiger charge is 2.10. The van der Waals surface area contributed by atoms with E-state index in [-0.39, 0.29) is 0 Å². The molecule has 0 amide bonds. The van der Waals surface area contributed by atoms with Crippen LogP contribution in [0, 0.1) is 0 Å². The molecule has 2 aromatic carbocycles. The second kappa shape index (κ2) is 10.1. The Balaban J connectivity index is 1.50. The lowest BCUT2D eigenvalue weighted by atomic mass is 10.2. The van der Waals surface area contributed by atoms with Gasteiger partial charge in [0.25, 0.3) is 0 Å². The molecule has 2 N–H and O–H groups in total. The second-order valence-corrected chi connectivity index (χ2v) is 7.58. The Bertz CT molecular complexity index is 742. The van der Waals surface area contributed by atoms with Crippen LogP contribution in [0.5, 0.6) is 5.75 Å². The maximum absolute atomic E-state index is 5.40. The number of ether oxygens (including phenoxy) is 1. The number of benzene rings is 2. The molecule has 3 rings (SSSR count). The normalized spacial score (nSPS) is 14.7. The summed E-state index contributed by atoms with van der Waals surface area (Å²) in [5, 5.41) is 6.72. The summed E-state index contributed by atoms with van der Waals surface area (Å²) < 4.78 is 5.40. The van der Waals surface area contributed by atoms with Crippen molar-refractivity contribution in [3.63, 3.8) is 0 Å². The van der Waals surface area contributed by atoms with Gasteiger partial charge < -0.3 is 20.3 Å². The molecule has 0 unspecified atom stereocenters. The molecule has 1 fully saturated rings. The van der Waals surface area contributed by atoms with Crippen molar-refractivity contribution in [2.75, 3.05) is 43.7 Å². The van der Waals surface area contributed by atoms with Gasteiger partial charge in [0, 0.05) is 56.0 Å². The smallest absolute Gasteiger partial charge is 0.191 e. The number of rotatable bonds is 6. The Labute approximate surface area is 166 Å². The fraction of sp³-hybridized carbons (Fsp3) is 0.381.